The van der Waals surface area contributed by atoms with E-state index in [0.717, 1.165) is 12.8 Å². The zero-order valence-corrected chi connectivity index (χ0v) is 16.5. The summed E-state index contributed by atoms with van der Waals surface area (Å²) in [7, 11) is 0. The van der Waals surface area contributed by atoms with Crippen molar-refractivity contribution in [3.8, 4) is 0 Å². The Hall–Kier alpha value is -0.620. The molecule has 0 spiro atoms. The van der Waals surface area contributed by atoms with E-state index in [1.807, 2.05) is 6.08 Å². The van der Waals surface area contributed by atoms with Crippen molar-refractivity contribution in [2.75, 3.05) is 13.2 Å². The minimum absolute atomic E-state index is 0.173. The summed E-state index contributed by atoms with van der Waals surface area (Å²) < 4.78 is 10.7. The molecule has 0 aromatic heterocycles. The van der Waals surface area contributed by atoms with Crippen LogP contribution in [0.2, 0.25) is 0 Å². The van der Waals surface area contributed by atoms with Gasteiger partial charge in [-0.25, -0.2) is 0 Å². The van der Waals surface area contributed by atoms with E-state index in [2.05, 4.69) is 6.92 Å². The minimum atomic E-state index is -1.11. The summed E-state index contributed by atoms with van der Waals surface area (Å²) in [5.74, 6) is 0. The first-order valence-corrected chi connectivity index (χ1v) is 10.6. The van der Waals surface area contributed by atoms with E-state index in [9.17, 15) is 10.2 Å². The zero-order valence-electron chi connectivity index (χ0n) is 16.5. The molecule has 0 unspecified atom stereocenters. The monoisotopic (exact) mass is 372 g/mol. The van der Waals surface area contributed by atoms with Crippen LogP contribution in [0.1, 0.15) is 84.0 Å². The molecule has 5 nitrogen and oxygen atoms in total. The summed E-state index contributed by atoms with van der Waals surface area (Å²) in [6.45, 7) is 2.12. The second-order valence-electron chi connectivity index (χ2n) is 7.41. The average molecular weight is 373 g/mol. The van der Waals surface area contributed by atoms with Crippen LogP contribution >= 0.6 is 0 Å². The Kier molecular flexibility index (Phi) is 13.9. The zero-order chi connectivity index (χ0) is 19.0. The van der Waals surface area contributed by atoms with Gasteiger partial charge in [0.1, 0.15) is 24.4 Å². The van der Waals surface area contributed by atoms with E-state index in [0.29, 0.717) is 0 Å². The van der Waals surface area contributed by atoms with Crippen LogP contribution in [0.5, 0.6) is 0 Å². The molecule has 0 amide bonds. The molecule has 26 heavy (non-hydrogen) atoms. The summed E-state index contributed by atoms with van der Waals surface area (Å²) in [4.78, 5) is 0. The Morgan fingerprint density at radius 1 is 0.885 bits per heavy atom. The minimum Gasteiger partial charge on any atom is -0.493 e. The van der Waals surface area contributed by atoms with Crippen molar-refractivity contribution in [3.63, 3.8) is 0 Å². The molecular weight excluding hydrogens is 332 g/mol. The molecule has 1 fully saturated rings. The van der Waals surface area contributed by atoms with E-state index in [-0.39, 0.29) is 13.2 Å². The van der Waals surface area contributed by atoms with Gasteiger partial charge in [-0.15, -0.1) is 0 Å². The molecule has 0 aromatic carbocycles. The first-order chi connectivity index (χ1) is 12.7. The topological polar surface area (TPSA) is 79.2 Å². The van der Waals surface area contributed by atoms with E-state index < -0.39 is 24.4 Å². The summed E-state index contributed by atoms with van der Waals surface area (Å²) in [6.07, 6.45) is 15.7. The van der Waals surface area contributed by atoms with Crippen LogP contribution in [0.3, 0.4) is 0 Å². The van der Waals surface area contributed by atoms with Crippen LogP contribution < -0.4 is 0 Å². The maximum Gasteiger partial charge on any atom is 0.149 e. The molecule has 3 N–H and O–H groups in total. The number of aliphatic hydroxyl groups excluding tert-OH is 3. The Morgan fingerprint density at radius 2 is 1.46 bits per heavy atom. The number of hydrogen-bond donors (Lipinski definition) is 3. The molecule has 1 aliphatic heterocycles. The van der Waals surface area contributed by atoms with Gasteiger partial charge in [0.15, 0.2) is 0 Å². The second-order valence-corrected chi connectivity index (χ2v) is 7.41. The lowest BCUT2D eigenvalue weighted by Crippen LogP contribution is -2.54. The van der Waals surface area contributed by atoms with Gasteiger partial charge < -0.3 is 24.8 Å². The SMILES string of the molecule is CCCCCCCCCCCCC/C=C/O[C@@H]1CO[C@@H](CO)[C@H](O)[C@H]1O. The molecule has 1 heterocycles. The predicted octanol–water partition coefficient (Wildman–Crippen LogP) is 3.70. The lowest BCUT2D eigenvalue weighted by molar-refractivity contribution is -0.196. The number of ether oxygens (including phenoxy) is 2. The second kappa shape index (κ2) is 15.4. The van der Waals surface area contributed by atoms with Crippen LogP contribution in [-0.2, 0) is 9.47 Å². The van der Waals surface area contributed by atoms with Crippen LogP contribution in [0, 0.1) is 0 Å². The average Bonchev–Trinajstić information content (AvgIpc) is 2.65. The Morgan fingerprint density at radius 3 is 2.04 bits per heavy atom. The van der Waals surface area contributed by atoms with Gasteiger partial charge in [0, 0.05) is 0 Å². The molecule has 0 aromatic rings. The first kappa shape index (κ1) is 23.4. The van der Waals surface area contributed by atoms with Crippen molar-refractivity contribution in [1.29, 1.82) is 0 Å². The van der Waals surface area contributed by atoms with Crippen LogP contribution in [0.4, 0.5) is 0 Å². The third kappa shape index (κ3) is 9.91. The Balaban J connectivity index is 1.92. The van der Waals surface area contributed by atoms with Gasteiger partial charge in [-0.05, 0) is 18.9 Å². The summed E-state index contributed by atoms with van der Waals surface area (Å²) in [5, 5.41) is 28.7. The molecular formula is C21H40O5. The number of allylic oxidation sites excluding steroid dienone is 1. The maximum atomic E-state index is 9.94. The lowest BCUT2D eigenvalue weighted by atomic mass is 10.0. The number of rotatable bonds is 15. The number of hydrogen-bond acceptors (Lipinski definition) is 5. The standard InChI is InChI=1S/C21H40O5/c1-2-3-4-5-6-7-8-9-10-11-12-13-14-15-25-19-17-26-18(16-22)20(23)21(19)24/h14-15,18-24H,2-13,16-17H2,1H3/b15-14+/t18-,19+,20-,21-/m0/s1. The van der Waals surface area contributed by atoms with Crippen LogP contribution in [-0.4, -0.2) is 52.9 Å². The Bertz CT molecular complexity index is 347. The summed E-state index contributed by atoms with van der Waals surface area (Å²) in [6, 6.07) is 0. The molecule has 4 atom stereocenters. The van der Waals surface area contributed by atoms with Gasteiger partial charge in [0.05, 0.1) is 19.5 Å². The molecule has 0 bridgehead atoms. The molecule has 1 aliphatic rings. The van der Waals surface area contributed by atoms with Crippen molar-refractivity contribution >= 4 is 0 Å². The maximum absolute atomic E-state index is 9.94. The predicted molar refractivity (Wildman–Crippen MR) is 104 cm³/mol. The van der Waals surface area contributed by atoms with E-state index in [4.69, 9.17) is 14.6 Å². The third-order valence-electron chi connectivity index (χ3n) is 5.09. The van der Waals surface area contributed by atoms with Crippen molar-refractivity contribution in [3.05, 3.63) is 12.3 Å². The molecule has 1 rings (SSSR count). The molecule has 5 heteroatoms. The fourth-order valence-electron chi connectivity index (χ4n) is 3.29. The fraction of sp³-hybridized carbons (Fsp3) is 0.905. The molecule has 1 saturated heterocycles. The highest BCUT2D eigenvalue weighted by molar-refractivity contribution is 4.89. The summed E-state index contributed by atoms with van der Waals surface area (Å²) >= 11 is 0. The Labute approximate surface area is 159 Å². The smallest absolute Gasteiger partial charge is 0.149 e. The van der Waals surface area contributed by atoms with Crippen molar-refractivity contribution < 1.29 is 24.8 Å². The van der Waals surface area contributed by atoms with Gasteiger partial charge in [-0.3, -0.25) is 0 Å². The van der Waals surface area contributed by atoms with Gasteiger partial charge >= 0.3 is 0 Å². The van der Waals surface area contributed by atoms with Gasteiger partial charge in [0.2, 0.25) is 0 Å². The summed E-state index contributed by atoms with van der Waals surface area (Å²) in [5.41, 5.74) is 0. The first-order valence-electron chi connectivity index (χ1n) is 10.6. The third-order valence-corrected chi connectivity index (χ3v) is 5.09. The highest BCUT2D eigenvalue weighted by Crippen LogP contribution is 2.18. The van der Waals surface area contributed by atoms with Gasteiger partial charge in [-0.2, -0.15) is 0 Å². The number of unbranched alkanes of at least 4 members (excludes halogenated alkanes) is 11. The molecule has 0 radical (unpaired) electrons. The van der Waals surface area contributed by atoms with Crippen molar-refractivity contribution in [2.24, 2.45) is 0 Å². The number of aliphatic hydroxyl groups is 3. The normalized spacial score (nSPS) is 26.5. The molecule has 0 aliphatic carbocycles. The fourth-order valence-corrected chi connectivity index (χ4v) is 3.29. The van der Waals surface area contributed by atoms with Crippen molar-refractivity contribution in [2.45, 2.75) is 108 Å². The van der Waals surface area contributed by atoms with E-state index in [1.54, 1.807) is 6.26 Å². The van der Waals surface area contributed by atoms with E-state index >= 15 is 0 Å². The largest absolute Gasteiger partial charge is 0.493 e. The van der Waals surface area contributed by atoms with Gasteiger partial charge in [0.25, 0.3) is 0 Å². The quantitative estimate of drug-likeness (QED) is 0.302. The van der Waals surface area contributed by atoms with Crippen LogP contribution in [0.15, 0.2) is 12.3 Å². The van der Waals surface area contributed by atoms with Crippen molar-refractivity contribution in [1.82, 2.24) is 0 Å². The highest BCUT2D eigenvalue weighted by atomic mass is 16.6. The molecule has 0 saturated carbocycles. The van der Waals surface area contributed by atoms with Gasteiger partial charge in [-0.1, -0.05) is 71.1 Å². The molecule has 154 valence electrons. The van der Waals surface area contributed by atoms with E-state index in [1.165, 1.54) is 64.2 Å². The lowest BCUT2D eigenvalue weighted by Gasteiger charge is -2.36. The van der Waals surface area contributed by atoms with Crippen LogP contribution in [0.25, 0.3) is 0 Å². The highest BCUT2D eigenvalue weighted by Gasteiger charge is 2.38.